The minimum atomic E-state index is -1.79. The third kappa shape index (κ3) is 30.9. The number of carbonyl (C=O) groups is 1. The fraction of sp³-hybridized carbons (Fsp3) is 0.814. The Hall–Kier alpha value is -2.31. The molecule has 2 heterocycles. The van der Waals surface area contributed by atoms with Gasteiger partial charge in [-0.25, -0.2) is 0 Å². The van der Waals surface area contributed by atoms with E-state index in [1.165, 1.54) is 128 Å². The van der Waals surface area contributed by atoms with Crippen molar-refractivity contribution in [3.63, 3.8) is 0 Å². The molecule has 0 saturated carbocycles. The lowest BCUT2D eigenvalue weighted by Gasteiger charge is -2.46. The first-order chi connectivity index (χ1) is 35.6. The molecule has 14 heteroatoms. The number of nitrogens with one attached hydrogen (secondary N) is 1. The van der Waals surface area contributed by atoms with E-state index in [1.807, 2.05) is 6.08 Å². The van der Waals surface area contributed by atoms with E-state index in [0.29, 0.717) is 12.8 Å². The standard InChI is InChI=1S/C59H105NO13/c1-3-5-7-9-11-13-15-17-19-21-22-23-24-25-26-27-29-31-33-35-37-39-41-43-51(64)60-47(48(63)42-40-38-36-34-32-30-28-20-18-16-14-12-10-8-6-4-2)46-70-58-56(69)54(67)57(50(45-62)72-58)73-59-55(68)53(66)52(65)49(44-61)71-59/h15,17-18,20-22,32,34,40,42,47-50,52-59,61-63,65-69H,3-14,16,19,23-31,33,35-39,41,43-46H2,1-2H3,(H,60,64)/b17-15-,20-18+,22-21-,34-32+,42-40+. The zero-order valence-electron chi connectivity index (χ0n) is 45.4. The van der Waals surface area contributed by atoms with Crippen LogP contribution in [0.4, 0.5) is 0 Å². The van der Waals surface area contributed by atoms with Crippen LogP contribution in [-0.2, 0) is 23.7 Å². The minimum Gasteiger partial charge on any atom is -0.394 e. The Kier molecular flexibility index (Phi) is 41.0. The van der Waals surface area contributed by atoms with E-state index in [1.54, 1.807) is 6.08 Å². The number of hydrogen-bond acceptors (Lipinski definition) is 13. The molecule has 0 aromatic heterocycles. The summed E-state index contributed by atoms with van der Waals surface area (Å²) in [5.41, 5.74) is 0. The summed E-state index contributed by atoms with van der Waals surface area (Å²) in [5, 5.41) is 87.0. The quantitative estimate of drug-likeness (QED) is 0.0205. The predicted octanol–water partition coefficient (Wildman–Crippen LogP) is 9.39. The normalized spacial score (nSPS) is 25.8. The number of hydrogen-bond donors (Lipinski definition) is 9. The first-order valence-electron chi connectivity index (χ1n) is 29.0. The molecule has 12 unspecified atom stereocenters. The van der Waals surface area contributed by atoms with Crippen molar-refractivity contribution in [3.05, 3.63) is 60.8 Å². The maximum atomic E-state index is 13.2. The predicted molar refractivity (Wildman–Crippen MR) is 290 cm³/mol. The number of ether oxygens (including phenoxy) is 4. The smallest absolute Gasteiger partial charge is 0.220 e. The summed E-state index contributed by atoms with van der Waals surface area (Å²) >= 11 is 0. The van der Waals surface area contributed by atoms with Crippen molar-refractivity contribution in [2.45, 2.75) is 286 Å². The molecule has 2 rings (SSSR count). The summed E-state index contributed by atoms with van der Waals surface area (Å²) in [7, 11) is 0. The van der Waals surface area contributed by atoms with Crippen LogP contribution in [0.3, 0.4) is 0 Å². The lowest BCUT2D eigenvalue weighted by molar-refractivity contribution is -0.359. The molecule has 2 aliphatic heterocycles. The molecule has 1 amide bonds. The van der Waals surface area contributed by atoms with Gasteiger partial charge in [0.1, 0.15) is 48.8 Å². The summed E-state index contributed by atoms with van der Waals surface area (Å²) in [5.74, 6) is -0.257. The van der Waals surface area contributed by atoms with Crippen LogP contribution in [0.25, 0.3) is 0 Å². The van der Waals surface area contributed by atoms with Gasteiger partial charge in [-0.3, -0.25) is 4.79 Å². The highest BCUT2D eigenvalue weighted by Gasteiger charge is 2.51. The van der Waals surface area contributed by atoms with Crippen molar-refractivity contribution in [1.29, 1.82) is 0 Å². The molecule has 14 nitrogen and oxygen atoms in total. The molecule has 2 aliphatic rings. The number of carbonyl (C=O) groups excluding carboxylic acids is 1. The zero-order chi connectivity index (χ0) is 53.2. The molecule has 2 fully saturated rings. The number of rotatable bonds is 45. The van der Waals surface area contributed by atoms with Crippen molar-refractivity contribution >= 4 is 5.91 Å². The van der Waals surface area contributed by atoms with Crippen LogP contribution in [0.2, 0.25) is 0 Å². The zero-order valence-corrected chi connectivity index (χ0v) is 45.4. The molecule has 424 valence electrons. The molecule has 73 heavy (non-hydrogen) atoms. The van der Waals surface area contributed by atoms with E-state index in [9.17, 15) is 45.6 Å². The molecular weight excluding hydrogens is 931 g/mol. The third-order valence-corrected chi connectivity index (χ3v) is 13.9. The number of aliphatic hydroxyl groups excluding tert-OH is 8. The van der Waals surface area contributed by atoms with Gasteiger partial charge in [0.2, 0.25) is 5.91 Å². The van der Waals surface area contributed by atoms with E-state index in [2.05, 4.69) is 67.8 Å². The van der Waals surface area contributed by atoms with E-state index in [0.717, 1.165) is 51.4 Å². The van der Waals surface area contributed by atoms with Gasteiger partial charge in [-0.05, 0) is 77.0 Å². The monoisotopic (exact) mass is 1040 g/mol. The van der Waals surface area contributed by atoms with Crippen molar-refractivity contribution in [2.24, 2.45) is 0 Å². The molecule has 9 N–H and O–H groups in total. The second-order valence-corrected chi connectivity index (χ2v) is 20.4. The topological polar surface area (TPSA) is 228 Å². The van der Waals surface area contributed by atoms with Gasteiger partial charge in [0.15, 0.2) is 12.6 Å². The van der Waals surface area contributed by atoms with Gasteiger partial charge in [0, 0.05) is 6.42 Å². The molecule has 0 aromatic rings. The first kappa shape index (κ1) is 66.8. The van der Waals surface area contributed by atoms with Crippen LogP contribution in [0, 0.1) is 0 Å². The van der Waals surface area contributed by atoms with Crippen LogP contribution in [0.15, 0.2) is 60.8 Å². The number of unbranched alkanes of at least 4 members (excludes halogenated alkanes) is 24. The lowest BCUT2D eigenvalue weighted by atomic mass is 9.97. The number of allylic oxidation sites excluding steroid dienone is 9. The van der Waals surface area contributed by atoms with Crippen LogP contribution in [0.1, 0.15) is 213 Å². The molecule has 12 atom stereocenters. The first-order valence-corrected chi connectivity index (χ1v) is 29.0. The summed E-state index contributed by atoms with van der Waals surface area (Å²) in [6.07, 6.45) is 39.7. The van der Waals surface area contributed by atoms with Crippen LogP contribution < -0.4 is 5.32 Å². The Bertz CT molecular complexity index is 1450. The molecule has 0 bridgehead atoms. The maximum absolute atomic E-state index is 13.2. The Balaban J connectivity index is 1.79. The van der Waals surface area contributed by atoms with Crippen LogP contribution in [0.5, 0.6) is 0 Å². The highest BCUT2D eigenvalue weighted by molar-refractivity contribution is 5.76. The van der Waals surface area contributed by atoms with Crippen LogP contribution >= 0.6 is 0 Å². The van der Waals surface area contributed by atoms with Gasteiger partial charge in [-0.1, -0.05) is 190 Å². The largest absolute Gasteiger partial charge is 0.394 e. The van der Waals surface area contributed by atoms with Gasteiger partial charge in [-0.15, -0.1) is 0 Å². The summed E-state index contributed by atoms with van der Waals surface area (Å²) in [6.45, 7) is 2.74. The fourth-order valence-corrected chi connectivity index (χ4v) is 9.18. The Morgan fingerprint density at radius 3 is 1.42 bits per heavy atom. The summed E-state index contributed by atoms with van der Waals surface area (Å²) in [6, 6.07) is -0.940. The molecule has 2 saturated heterocycles. The lowest BCUT2D eigenvalue weighted by Crippen LogP contribution is -2.65. The fourth-order valence-electron chi connectivity index (χ4n) is 9.18. The third-order valence-electron chi connectivity index (χ3n) is 13.9. The van der Waals surface area contributed by atoms with Gasteiger partial charge < -0.3 is 65.1 Å². The summed E-state index contributed by atoms with van der Waals surface area (Å²) < 4.78 is 22.7. The average molecular weight is 1040 g/mol. The van der Waals surface area contributed by atoms with Crippen molar-refractivity contribution < 1.29 is 64.6 Å². The van der Waals surface area contributed by atoms with Gasteiger partial charge >= 0.3 is 0 Å². The summed E-state index contributed by atoms with van der Waals surface area (Å²) in [4.78, 5) is 13.2. The Morgan fingerprint density at radius 2 is 0.918 bits per heavy atom. The maximum Gasteiger partial charge on any atom is 0.220 e. The average Bonchev–Trinajstić information content (AvgIpc) is 3.39. The molecule has 0 spiro atoms. The van der Waals surface area contributed by atoms with Crippen LogP contribution in [-0.4, -0.2) is 140 Å². The van der Waals surface area contributed by atoms with Gasteiger partial charge in [-0.2, -0.15) is 0 Å². The van der Waals surface area contributed by atoms with Gasteiger partial charge in [0.05, 0.1) is 32.0 Å². The van der Waals surface area contributed by atoms with Crippen molar-refractivity contribution in [3.8, 4) is 0 Å². The van der Waals surface area contributed by atoms with Crippen molar-refractivity contribution in [2.75, 3.05) is 19.8 Å². The Morgan fingerprint density at radius 1 is 0.493 bits per heavy atom. The number of aliphatic hydroxyl groups is 8. The van der Waals surface area contributed by atoms with E-state index < -0.39 is 86.8 Å². The molecular formula is C59H105NO13. The molecule has 0 aromatic carbocycles. The number of amides is 1. The van der Waals surface area contributed by atoms with Crippen molar-refractivity contribution in [1.82, 2.24) is 5.32 Å². The molecule has 0 radical (unpaired) electrons. The SMILES string of the molecule is CCCCCCC/C=C\C/C=C\CCCCCCCCCCCCCC(=O)NC(COC1OC(CO)C(OC2OC(CO)C(O)C(O)C2O)C(O)C1O)C(O)/C=C/CC/C=C/CC/C=C/CCCCCCCC. The van der Waals surface area contributed by atoms with E-state index >= 15 is 0 Å². The highest BCUT2D eigenvalue weighted by atomic mass is 16.7. The Labute approximate surface area is 441 Å². The van der Waals surface area contributed by atoms with Gasteiger partial charge in [0.25, 0.3) is 0 Å². The van der Waals surface area contributed by atoms with E-state index in [-0.39, 0.29) is 18.9 Å². The second kappa shape index (κ2) is 44.8. The highest BCUT2D eigenvalue weighted by Crippen LogP contribution is 2.30. The minimum absolute atomic E-state index is 0.257. The second-order valence-electron chi connectivity index (χ2n) is 20.4. The molecule has 0 aliphatic carbocycles. The van der Waals surface area contributed by atoms with E-state index in [4.69, 9.17) is 18.9 Å².